The van der Waals surface area contributed by atoms with Crippen LogP contribution in [0.1, 0.15) is 41.4 Å². The van der Waals surface area contributed by atoms with E-state index in [4.69, 9.17) is 10.7 Å². The van der Waals surface area contributed by atoms with Crippen molar-refractivity contribution in [1.29, 1.82) is 0 Å². The second-order valence-corrected chi connectivity index (χ2v) is 6.85. The first kappa shape index (κ1) is 12.8. The molecule has 2 N–H and O–H groups in total. The van der Waals surface area contributed by atoms with Crippen molar-refractivity contribution in [2.24, 2.45) is 0 Å². The van der Waals surface area contributed by atoms with E-state index in [1.165, 1.54) is 29.1 Å². The van der Waals surface area contributed by atoms with Crippen molar-refractivity contribution in [2.75, 3.05) is 5.73 Å². The lowest BCUT2D eigenvalue weighted by atomic mass is 10.3. The highest BCUT2D eigenvalue weighted by Gasteiger charge is 2.29. The molecule has 0 amide bonds. The van der Waals surface area contributed by atoms with Gasteiger partial charge < -0.3 is 10.3 Å². The van der Waals surface area contributed by atoms with Gasteiger partial charge in [-0.3, -0.25) is 0 Å². The van der Waals surface area contributed by atoms with Gasteiger partial charge in [-0.15, -0.1) is 11.3 Å². The van der Waals surface area contributed by atoms with Gasteiger partial charge in [-0.2, -0.15) is 0 Å². The van der Waals surface area contributed by atoms with Crippen molar-refractivity contribution in [2.45, 2.75) is 38.6 Å². The van der Waals surface area contributed by atoms with Crippen molar-refractivity contribution in [3.63, 3.8) is 0 Å². The summed E-state index contributed by atoms with van der Waals surface area (Å²) in [6, 6.07) is 6.01. The Morgan fingerprint density at radius 2 is 2.24 bits per heavy atom. The van der Waals surface area contributed by atoms with Gasteiger partial charge in [0.15, 0.2) is 0 Å². The van der Waals surface area contributed by atoms with Crippen LogP contribution in [0.25, 0.3) is 11.0 Å². The SMILES string of the molecule is CCc1cnc(Cn2c(C3CC3)nc3cc(N)ccc32)s1. The van der Waals surface area contributed by atoms with Crippen LogP contribution in [0.3, 0.4) is 0 Å². The van der Waals surface area contributed by atoms with E-state index >= 15 is 0 Å². The van der Waals surface area contributed by atoms with Gasteiger partial charge in [0.1, 0.15) is 10.8 Å². The largest absolute Gasteiger partial charge is 0.399 e. The van der Waals surface area contributed by atoms with E-state index in [0.717, 1.165) is 29.2 Å². The molecule has 0 aliphatic heterocycles. The van der Waals surface area contributed by atoms with E-state index in [1.54, 1.807) is 11.3 Å². The minimum Gasteiger partial charge on any atom is -0.399 e. The molecule has 3 aromatic rings. The zero-order valence-electron chi connectivity index (χ0n) is 12.0. The number of nitrogen functional groups attached to an aromatic ring is 1. The highest BCUT2D eigenvalue weighted by atomic mass is 32.1. The summed E-state index contributed by atoms with van der Waals surface area (Å²) in [5.41, 5.74) is 8.83. The van der Waals surface area contributed by atoms with Crippen LogP contribution in [-0.4, -0.2) is 14.5 Å². The lowest BCUT2D eigenvalue weighted by Crippen LogP contribution is -2.03. The van der Waals surface area contributed by atoms with Crippen molar-refractivity contribution in [1.82, 2.24) is 14.5 Å². The molecule has 0 spiro atoms. The van der Waals surface area contributed by atoms with E-state index < -0.39 is 0 Å². The Morgan fingerprint density at radius 1 is 1.38 bits per heavy atom. The highest BCUT2D eigenvalue weighted by Crippen LogP contribution is 2.41. The van der Waals surface area contributed by atoms with E-state index in [1.807, 2.05) is 18.3 Å². The second kappa shape index (κ2) is 4.84. The van der Waals surface area contributed by atoms with Crippen LogP contribution in [0.5, 0.6) is 0 Å². The predicted molar refractivity (Wildman–Crippen MR) is 86.7 cm³/mol. The number of fused-ring (bicyclic) bond motifs is 1. The maximum absolute atomic E-state index is 5.89. The molecule has 4 rings (SSSR count). The first-order chi connectivity index (χ1) is 10.2. The molecule has 1 fully saturated rings. The van der Waals surface area contributed by atoms with Gasteiger partial charge in [-0.1, -0.05) is 6.92 Å². The molecular weight excluding hydrogens is 280 g/mol. The summed E-state index contributed by atoms with van der Waals surface area (Å²) in [4.78, 5) is 10.7. The van der Waals surface area contributed by atoms with Crippen LogP contribution in [0.15, 0.2) is 24.4 Å². The summed E-state index contributed by atoms with van der Waals surface area (Å²) in [6.45, 7) is 2.99. The third-order valence-corrected chi connectivity index (χ3v) is 5.11. The molecule has 0 saturated heterocycles. The molecule has 1 aliphatic rings. The minimum absolute atomic E-state index is 0.615. The molecule has 2 heterocycles. The molecule has 4 nitrogen and oxygen atoms in total. The summed E-state index contributed by atoms with van der Waals surface area (Å²) in [7, 11) is 0. The average Bonchev–Trinajstić information content (AvgIpc) is 3.13. The van der Waals surface area contributed by atoms with Crippen molar-refractivity contribution in [3.8, 4) is 0 Å². The first-order valence-electron chi connectivity index (χ1n) is 7.44. The number of nitrogens with two attached hydrogens (primary N) is 1. The summed E-state index contributed by atoms with van der Waals surface area (Å²) < 4.78 is 2.32. The van der Waals surface area contributed by atoms with Crippen LogP contribution in [0.4, 0.5) is 5.69 Å². The number of aromatic nitrogens is 3. The van der Waals surface area contributed by atoms with Crippen LogP contribution in [0, 0.1) is 0 Å². The molecule has 0 radical (unpaired) electrons. The Kier molecular flexibility index (Phi) is 2.96. The van der Waals surface area contributed by atoms with Crippen molar-refractivity contribution in [3.05, 3.63) is 40.1 Å². The van der Waals surface area contributed by atoms with Crippen LogP contribution in [0.2, 0.25) is 0 Å². The standard InChI is InChI=1S/C16H18N4S/c1-2-12-8-18-15(21-12)9-20-14-6-5-11(17)7-13(14)19-16(20)10-3-4-10/h5-8,10H,2-4,9,17H2,1H3. The fourth-order valence-electron chi connectivity index (χ4n) is 2.70. The quantitative estimate of drug-likeness (QED) is 0.749. The summed E-state index contributed by atoms with van der Waals surface area (Å²) >= 11 is 1.80. The molecule has 108 valence electrons. The molecule has 1 saturated carbocycles. The molecule has 0 atom stereocenters. The Bertz CT molecular complexity index is 798. The Labute approximate surface area is 127 Å². The molecule has 0 unspecified atom stereocenters. The number of rotatable bonds is 4. The van der Waals surface area contributed by atoms with Gasteiger partial charge >= 0.3 is 0 Å². The fraction of sp³-hybridized carbons (Fsp3) is 0.375. The first-order valence-corrected chi connectivity index (χ1v) is 8.25. The Hall–Kier alpha value is -1.88. The number of anilines is 1. The van der Waals surface area contributed by atoms with Gasteiger partial charge in [0, 0.05) is 22.7 Å². The Morgan fingerprint density at radius 3 is 2.95 bits per heavy atom. The molecule has 2 aromatic heterocycles. The monoisotopic (exact) mass is 298 g/mol. The number of hydrogen-bond acceptors (Lipinski definition) is 4. The lowest BCUT2D eigenvalue weighted by molar-refractivity contribution is 0.742. The van der Waals surface area contributed by atoms with Crippen molar-refractivity contribution >= 4 is 28.1 Å². The van der Waals surface area contributed by atoms with E-state index in [0.29, 0.717) is 5.92 Å². The van der Waals surface area contributed by atoms with Gasteiger partial charge in [0.05, 0.1) is 17.6 Å². The molecular formula is C16H18N4S. The van der Waals surface area contributed by atoms with Crippen LogP contribution >= 0.6 is 11.3 Å². The minimum atomic E-state index is 0.615. The van der Waals surface area contributed by atoms with E-state index in [-0.39, 0.29) is 0 Å². The van der Waals surface area contributed by atoms with Crippen LogP contribution in [-0.2, 0) is 13.0 Å². The highest BCUT2D eigenvalue weighted by molar-refractivity contribution is 7.11. The summed E-state index contributed by atoms with van der Waals surface area (Å²) in [5.74, 6) is 1.81. The third kappa shape index (κ3) is 2.31. The number of imidazole rings is 1. The number of nitrogens with zero attached hydrogens (tertiary/aromatic N) is 3. The van der Waals surface area contributed by atoms with E-state index in [2.05, 4.69) is 22.5 Å². The maximum Gasteiger partial charge on any atom is 0.113 e. The second-order valence-electron chi connectivity index (χ2n) is 5.65. The zero-order chi connectivity index (χ0) is 14.4. The van der Waals surface area contributed by atoms with Gasteiger partial charge in [0.25, 0.3) is 0 Å². The fourth-order valence-corrected chi connectivity index (χ4v) is 3.56. The zero-order valence-corrected chi connectivity index (χ0v) is 12.9. The third-order valence-electron chi connectivity index (χ3n) is 3.99. The maximum atomic E-state index is 5.89. The molecule has 21 heavy (non-hydrogen) atoms. The molecule has 1 aliphatic carbocycles. The number of hydrogen-bond donors (Lipinski definition) is 1. The van der Waals surface area contributed by atoms with Gasteiger partial charge in [-0.25, -0.2) is 9.97 Å². The topological polar surface area (TPSA) is 56.7 Å². The average molecular weight is 298 g/mol. The molecule has 5 heteroatoms. The predicted octanol–water partition coefficient (Wildman–Crippen LogP) is 3.56. The molecule has 0 bridgehead atoms. The lowest BCUT2D eigenvalue weighted by Gasteiger charge is -2.06. The van der Waals surface area contributed by atoms with Crippen molar-refractivity contribution < 1.29 is 0 Å². The summed E-state index contributed by atoms with van der Waals surface area (Å²) in [6.07, 6.45) is 5.54. The van der Waals surface area contributed by atoms with E-state index in [9.17, 15) is 0 Å². The number of aryl methyl sites for hydroxylation is 1. The van der Waals surface area contributed by atoms with Gasteiger partial charge in [-0.05, 0) is 37.5 Å². The van der Waals surface area contributed by atoms with Gasteiger partial charge in [0.2, 0.25) is 0 Å². The smallest absolute Gasteiger partial charge is 0.113 e. The Balaban J connectivity index is 1.79. The molecule has 1 aromatic carbocycles. The summed E-state index contributed by atoms with van der Waals surface area (Å²) in [5, 5.41) is 1.16. The number of benzene rings is 1. The van der Waals surface area contributed by atoms with Crippen LogP contribution < -0.4 is 5.73 Å². The normalized spacial score (nSPS) is 14.9. The number of thiazole rings is 1.